The molecule has 2 nitrogen and oxygen atoms in total. The normalized spacial score (nSPS) is 11.1. The van der Waals surface area contributed by atoms with E-state index in [0.29, 0.717) is 11.4 Å². The smallest absolute Gasteiger partial charge is 0.159 e. The molecule has 0 atom stereocenters. The summed E-state index contributed by atoms with van der Waals surface area (Å²) in [5, 5.41) is 0. The number of hydrogen-bond donors (Lipinski definition) is 0. The molecule has 3 heteroatoms. The molecule has 3 aromatic rings. The summed E-state index contributed by atoms with van der Waals surface area (Å²) < 4.78 is 15.0. The van der Waals surface area contributed by atoms with Crippen LogP contribution in [0.15, 0.2) is 54.9 Å². The second-order valence-corrected chi connectivity index (χ2v) is 9.49. The van der Waals surface area contributed by atoms with Crippen molar-refractivity contribution in [3.63, 3.8) is 0 Å². The van der Waals surface area contributed by atoms with Crippen LogP contribution in [0.2, 0.25) is 0 Å². The molecule has 1 heterocycles. The Balaban J connectivity index is 1.54. The van der Waals surface area contributed by atoms with Crippen LogP contribution in [0.25, 0.3) is 22.5 Å². The zero-order valence-corrected chi connectivity index (χ0v) is 21.2. The number of unbranched alkanes of at least 4 members (excludes halogenated alkanes) is 9. The zero-order chi connectivity index (χ0) is 24.0. The quantitative estimate of drug-likeness (QED) is 0.211. The maximum atomic E-state index is 15.0. The number of nitrogens with zero attached hydrogens (tertiary/aromatic N) is 2. The number of hydrogen-bond acceptors (Lipinski definition) is 2. The highest BCUT2D eigenvalue weighted by atomic mass is 19.1. The number of aromatic nitrogens is 2. The van der Waals surface area contributed by atoms with E-state index in [0.717, 1.165) is 29.5 Å². The summed E-state index contributed by atoms with van der Waals surface area (Å²) >= 11 is 0. The number of rotatable bonds is 15. The van der Waals surface area contributed by atoms with Crippen molar-refractivity contribution in [1.82, 2.24) is 9.97 Å². The zero-order valence-electron chi connectivity index (χ0n) is 21.2. The molecule has 34 heavy (non-hydrogen) atoms. The number of benzene rings is 2. The first-order chi connectivity index (χ1) is 16.7. The summed E-state index contributed by atoms with van der Waals surface area (Å²) in [6, 6.07) is 13.7. The molecule has 182 valence electrons. The van der Waals surface area contributed by atoms with Crippen molar-refractivity contribution < 1.29 is 4.39 Å². The van der Waals surface area contributed by atoms with Crippen LogP contribution in [0, 0.1) is 5.82 Å². The summed E-state index contributed by atoms with van der Waals surface area (Å²) in [6.07, 6.45) is 20.0. The molecule has 0 radical (unpaired) electrons. The fourth-order valence-electron chi connectivity index (χ4n) is 4.41. The van der Waals surface area contributed by atoms with Gasteiger partial charge in [0.1, 0.15) is 5.82 Å². The minimum absolute atomic E-state index is 0.232. The van der Waals surface area contributed by atoms with E-state index < -0.39 is 0 Å². The van der Waals surface area contributed by atoms with Crippen LogP contribution in [0.4, 0.5) is 4.39 Å². The molecule has 0 N–H and O–H groups in total. The molecule has 0 bridgehead atoms. The lowest BCUT2D eigenvalue weighted by atomic mass is 9.99. The van der Waals surface area contributed by atoms with E-state index in [9.17, 15) is 4.39 Å². The lowest BCUT2D eigenvalue weighted by Crippen LogP contribution is -1.95. The summed E-state index contributed by atoms with van der Waals surface area (Å²) in [6.45, 7) is 4.48. The van der Waals surface area contributed by atoms with Gasteiger partial charge in [0.2, 0.25) is 0 Å². The molecule has 0 aliphatic rings. The van der Waals surface area contributed by atoms with Gasteiger partial charge in [0.15, 0.2) is 5.82 Å². The van der Waals surface area contributed by atoms with E-state index in [2.05, 4.69) is 35.9 Å². The monoisotopic (exact) mass is 460 g/mol. The van der Waals surface area contributed by atoms with Gasteiger partial charge in [0.05, 0.1) is 0 Å². The molecule has 0 aliphatic heterocycles. The van der Waals surface area contributed by atoms with Gasteiger partial charge >= 0.3 is 0 Å². The van der Waals surface area contributed by atoms with E-state index >= 15 is 0 Å². The van der Waals surface area contributed by atoms with Crippen molar-refractivity contribution in [2.75, 3.05) is 0 Å². The highest BCUT2D eigenvalue weighted by Gasteiger charge is 2.09. The Kier molecular flexibility index (Phi) is 11.2. The summed E-state index contributed by atoms with van der Waals surface area (Å²) in [4.78, 5) is 9.00. The standard InChI is InChI=1S/C31H41FN2/c1-3-5-7-9-11-13-15-26-23-33-31(34-24-26)28-20-21-29(30(32)22-28)27-18-16-25(17-19-27)14-12-10-8-6-4-2/h16-24H,3-15H2,1-2H3. The summed E-state index contributed by atoms with van der Waals surface area (Å²) in [5.74, 6) is 0.347. The van der Waals surface area contributed by atoms with Crippen molar-refractivity contribution in [2.45, 2.75) is 97.3 Å². The third kappa shape index (κ3) is 8.34. The highest BCUT2D eigenvalue weighted by Crippen LogP contribution is 2.27. The molecule has 1 aromatic heterocycles. The summed E-state index contributed by atoms with van der Waals surface area (Å²) in [5.41, 5.74) is 4.73. The first kappa shape index (κ1) is 26.1. The van der Waals surface area contributed by atoms with E-state index in [1.807, 2.05) is 36.7 Å². The van der Waals surface area contributed by atoms with Gasteiger partial charge in [0, 0.05) is 23.5 Å². The fourth-order valence-corrected chi connectivity index (χ4v) is 4.41. The van der Waals surface area contributed by atoms with Gasteiger partial charge in [-0.3, -0.25) is 0 Å². The van der Waals surface area contributed by atoms with Crippen molar-refractivity contribution in [3.8, 4) is 22.5 Å². The van der Waals surface area contributed by atoms with Crippen LogP contribution >= 0.6 is 0 Å². The third-order valence-electron chi connectivity index (χ3n) is 6.59. The maximum absolute atomic E-state index is 15.0. The van der Waals surface area contributed by atoms with Gasteiger partial charge in [-0.2, -0.15) is 0 Å². The van der Waals surface area contributed by atoms with Crippen LogP contribution in [-0.2, 0) is 12.8 Å². The first-order valence-electron chi connectivity index (χ1n) is 13.4. The molecule has 0 fully saturated rings. The van der Waals surface area contributed by atoms with Crippen molar-refractivity contribution in [1.29, 1.82) is 0 Å². The van der Waals surface area contributed by atoms with Gasteiger partial charge in [-0.15, -0.1) is 0 Å². The highest BCUT2D eigenvalue weighted by molar-refractivity contribution is 5.68. The molecule has 0 spiro atoms. The van der Waals surface area contributed by atoms with Crippen LogP contribution < -0.4 is 0 Å². The Hall–Kier alpha value is -2.55. The van der Waals surface area contributed by atoms with E-state index in [1.165, 1.54) is 76.2 Å². The number of halogens is 1. The molecule has 2 aromatic carbocycles. The van der Waals surface area contributed by atoms with Gasteiger partial charge in [-0.05, 0) is 48.4 Å². The molecule has 0 aliphatic carbocycles. The minimum Gasteiger partial charge on any atom is -0.236 e. The van der Waals surface area contributed by atoms with Gasteiger partial charge in [0.25, 0.3) is 0 Å². The lowest BCUT2D eigenvalue weighted by Gasteiger charge is -2.08. The Bertz CT molecular complexity index is 964. The third-order valence-corrected chi connectivity index (χ3v) is 6.59. The average Bonchev–Trinajstić information content (AvgIpc) is 2.87. The largest absolute Gasteiger partial charge is 0.236 e. The van der Waals surface area contributed by atoms with Gasteiger partial charge in [-0.25, -0.2) is 14.4 Å². The minimum atomic E-state index is -0.232. The number of aryl methyl sites for hydroxylation is 2. The molecule has 0 saturated heterocycles. The van der Waals surface area contributed by atoms with Crippen molar-refractivity contribution >= 4 is 0 Å². The molecular formula is C31H41FN2. The lowest BCUT2D eigenvalue weighted by molar-refractivity contribution is 0.607. The van der Waals surface area contributed by atoms with Crippen LogP contribution in [0.5, 0.6) is 0 Å². The second-order valence-electron chi connectivity index (χ2n) is 9.49. The Morgan fingerprint density at radius 3 is 1.71 bits per heavy atom. The maximum Gasteiger partial charge on any atom is 0.159 e. The van der Waals surface area contributed by atoms with E-state index in [-0.39, 0.29) is 5.82 Å². The fraction of sp³-hybridized carbons (Fsp3) is 0.484. The SMILES string of the molecule is CCCCCCCCc1cnc(-c2ccc(-c3ccc(CCCCCCC)cc3)c(F)c2)nc1. The van der Waals surface area contributed by atoms with Crippen molar-refractivity contribution in [3.05, 3.63) is 71.8 Å². The molecule has 0 amide bonds. The Labute approximate surface area is 206 Å². The predicted molar refractivity (Wildman–Crippen MR) is 142 cm³/mol. The Morgan fingerprint density at radius 1 is 0.588 bits per heavy atom. The van der Waals surface area contributed by atoms with Gasteiger partial charge in [-0.1, -0.05) is 108 Å². The van der Waals surface area contributed by atoms with E-state index in [4.69, 9.17) is 0 Å². The summed E-state index contributed by atoms with van der Waals surface area (Å²) in [7, 11) is 0. The molecule has 0 unspecified atom stereocenters. The molecule has 3 rings (SSSR count). The predicted octanol–water partition coefficient (Wildman–Crippen LogP) is 9.37. The van der Waals surface area contributed by atoms with Crippen molar-refractivity contribution in [2.24, 2.45) is 0 Å². The van der Waals surface area contributed by atoms with Crippen LogP contribution in [0.3, 0.4) is 0 Å². The topological polar surface area (TPSA) is 25.8 Å². The molecule has 0 saturated carbocycles. The van der Waals surface area contributed by atoms with E-state index in [1.54, 1.807) is 6.07 Å². The Morgan fingerprint density at radius 2 is 1.12 bits per heavy atom. The van der Waals surface area contributed by atoms with Crippen LogP contribution in [-0.4, -0.2) is 9.97 Å². The molecular weight excluding hydrogens is 419 g/mol. The van der Waals surface area contributed by atoms with Gasteiger partial charge < -0.3 is 0 Å². The second kappa shape index (κ2) is 14.7. The first-order valence-corrected chi connectivity index (χ1v) is 13.4. The average molecular weight is 461 g/mol. The van der Waals surface area contributed by atoms with Crippen LogP contribution in [0.1, 0.15) is 95.6 Å².